The second-order valence-corrected chi connectivity index (χ2v) is 8.87. The van der Waals surface area contributed by atoms with Gasteiger partial charge in [-0.2, -0.15) is 5.26 Å². The lowest BCUT2D eigenvalue weighted by Gasteiger charge is -2.32. The molecule has 2 fully saturated rings. The molecule has 3 heterocycles. The van der Waals surface area contributed by atoms with Crippen LogP contribution in [0.3, 0.4) is 0 Å². The highest BCUT2D eigenvalue weighted by Crippen LogP contribution is 2.28. The first-order valence-electron chi connectivity index (χ1n) is 11.1. The van der Waals surface area contributed by atoms with E-state index in [0.717, 1.165) is 76.6 Å². The van der Waals surface area contributed by atoms with Gasteiger partial charge < -0.3 is 14.7 Å². The van der Waals surface area contributed by atoms with Crippen molar-refractivity contribution in [1.82, 2.24) is 14.8 Å². The van der Waals surface area contributed by atoms with Crippen LogP contribution in [0, 0.1) is 11.3 Å². The van der Waals surface area contributed by atoms with Gasteiger partial charge >= 0.3 is 0 Å². The fourth-order valence-corrected chi connectivity index (χ4v) is 4.71. The summed E-state index contributed by atoms with van der Waals surface area (Å²) in [5.41, 5.74) is 4.56. The molecule has 0 atom stereocenters. The standard InChI is InChI=1S/C24H31ClN6/c1-28-13-15-29(16-14-28)19-20-3-5-21(6-4-20)30-11-2-12-31(18-17-30)23-8-10-27-24(25)22(23)7-9-26/h3-6,8,10H,2,7,11-19H2,1H3. The van der Waals surface area contributed by atoms with Gasteiger partial charge in [0, 0.05) is 82.0 Å². The molecule has 1 aromatic carbocycles. The number of piperazine rings is 1. The maximum atomic E-state index is 9.18. The zero-order chi connectivity index (χ0) is 21.6. The van der Waals surface area contributed by atoms with Gasteiger partial charge in [0.1, 0.15) is 5.15 Å². The van der Waals surface area contributed by atoms with Crippen LogP contribution in [0.2, 0.25) is 5.15 Å². The Morgan fingerprint density at radius 3 is 2.39 bits per heavy atom. The van der Waals surface area contributed by atoms with E-state index >= 15 is 0 Å². The topological polar surface area (TPSA) is 49.6 Å². The number of benzene rings is 1. The molecule has 2 aliphatic heterocycles. The number of halogens is 1. The molecule has 4 rings (SSSR count). The van der Waals surface area contributed by atoms with Crippen LogP contribution in [0.5, 0.6) is 0 Å². The SMILES string of the molecule is CN1CCN(Cc2ccc(N3CCCN(c4ccnc(Cl)c4CC#N)CC3)cc2)CC1. The highest BCUT2D eigenvalue weighted by Gasteiger charge is 2.20. The summed E-state index contributed by atoms with van der Waals surface area (Å²) in [7, 11) is 2.20. The van der Waals surface area contributed by atoms with E-state index in [1.807, 2.05) is 6.07 Å². The average molecular weight is 439 g/mol. The number of rotatable bonds is 5. The highest BCUT2D eigenvalue weighted by atomic mass is 35.5. The molecule has 0 saturated carbocycles. The zero-order valence-electron chi connectivity index (χ0n) is 18.3. The molecule has 2 aromatic rings. The van der Waals surface area contributed by atoms with Crippen LogP contribution in [-0.2, 0) is 13.0 Å². The van der Waals surface area contributed by atoms with Gasteiger partial charge in [-0.05, 0) is 37.2 Å². The van der Waals surface area contributed by atoms with Gasteiger partial charge in [-0.15, -0.1) is 0 Å². The van der Waals surface area contributed by atoms with Crippen molar-refractivity contribution in [2.75, 3.05) is 69.2 Å². The van der Waals surface area contributed by atoms with Crippen LogP contribution >= 0.6 is 11.6 Å². The fraction of sp³-hybridized carbons (Fsp3) is 0.500. The smallest absolute Gasteiger partial charge is 0.135 e. The lowest BCUT2D eigenvalue weighted by molar-refractivity contribution is 0.148. The van der Waals surface area contributed by atoms with Gasteiger partial charge in [0.25, 0.3) is 0 Å². The number of anilines is 2. The fourth-order valence-electron chi connectivity index (χ4n) is 4.49. The van der Waals surface area contributed by atoms with Crippen molar-refractivity contribution in [1.29, 1.82) is 5.26 Å². The third-order valence-corrected chi connectivity index (χ3v) is 6.70. The predicted molar refractivity (Wildman–Crippen MR) is 127 cm³/mol. The Balaban J connectivity index is 1.38. The summed E-state index contributed by atoms with van der Waals surface area (Å²) < 4.78 is 0. The van der Waals surface area contributed by atoms with Crippen LogP contribution in [-0.4, -0.2) is 74.2 Å². The summed E-state index contributed by atoms with van der Waals surface area (Å²) in [6, 6.07) is 13.3. The van der Waals surface area contributed by atoms with Crippen molar-refractivity contribution in [2.45, 2.75) is 19.4 Å². The maximum Gasteiger partial charge on any atom is 0.135 e. The Morgan fingerprint density at radius 2 is 1.65 bits per heavy atom. The molecule has 0 radical (unpaired) electrons. The molecule has 7 heteroatoms. The molecule has 0 unspecified atom stereocenters. The summed E-state index contributed by atoms with van der Waals surface area (Å²) in [6.45, 7) is 9.47. The molecule has 0 spiro atoms. The highest BCUT2D eigenvalue weighted by molar-refractivity contribution is 6.30. The van der Waals surface area contributed by atoms with E-state index in [1.165, 1.54) is 11.3 Å². The van der Waals surface area contributed by atoms with Crippen LogP contribution in [0.25, 0.3) is 0 Å². The first-order valence-corrected chi connectivity index (χ1v) is 11.5. The molecular weight excluding hydrogens is 408 g/mol. The first-order chi connectivity index (χ1) is 15.1. The van der Waals surface area contributed by atoms with E-state index in [4.69, 9.17) is 11.6 Å². The van der Waals surface area contributed by atoms with Crippen molar-refractivity contribution in [3.8, 4) is 6.07 Å². The van der Waals surface area contributed by atoms with E-state index in [1.54, 1.807) is 6.20 Å². The summed E-state index contributed by atoms with van der Waals surface area (Å²) in [5.74, 6) is 0. The largest absolute Gasteiger partial charge is 0.370 e. The maximum absolute atomic E-state index is 9.18. The monoisotopic (exact) mass is 438 g/mol. The number of hydrogen-bond acceptors (Lipinski definition) is 6. The normalized spacial score (nSPS) is 18.6. The van der Waals surface area contributed by atoms with Crippen molar-refractivity contribution >= 4 is 23.0 Å². The number of nitriles is 1. The van der Waals surface area contributed by atoms with E-state index in [-0.39, 0.29) is 6.42 Å². The molecule has 1 aromatic heterocycles. The summed E-state index contributed by atoms with van der Waals surface area (Å²) in [6.07, 6.45) is 3.09. The molecular formula is C24H31ClN6. The minimum atomic E-state index is 0.289. The van der Waals surface area contributed by atoms with Gasteiger partial charge in [0.05, 0.1) is 12.5 Å². The van der Waals surface area contributed by atoms with Crippen LogP contribution < -0.4 is 9.80 Å². The molecule has 164 valence electrons. The minimum Gasteiger partial charge on any atom is -0.370 e. The van der Waals surface area contributed by atoms with Gasteiger partial charge in [-0.1, -0.05) is 23.7 Å². The number of aromatic nitrogens is 1. The van der Waals surface area contributed by atoms with E-state index in [0.29, 0.717) is 5.15 Å². The molecule has 31 heavy (non-hydrogen) atoms. The van der Waals surface area contributed by atoms with E-state index in [9.17, 15) is 5.26 Å². The number of nitrogens with zero attached hydrogens (tertiary/aromatic N) is 6. The molecule has 2 aliphatic rings. The second-order valence-electron chi connectivity index (χ2n) is 8.51. The molecule has 6 nitrogen and oxygen atoms in total. The van der Waals surface area contributed by atoms with Crippen molar-refractivity contribution in [3.63, 3.8) is 0 Å². The molecule has 0 amide bonds. The quantitative estimate of drug-likeness (QED) is 0.668. The summed E-state index contributed by atoms with van der Waals surface area (Å²) in [4.78, 5) is 13.9. The lowest BCUT2D eigenvalue weighted by atomic mass is 10.1. The Bertz CT molecular complexity index is 901. The third kappa shape index (κ3) is 5.48. The third-order valence-electron chi connectivity index (χ3n) is 6.37. The van der Waals surface area contributed by atoms with E-state index < -0.39 is 0 Å². The van der Waals surface area contributed by atoms with Crippen molar-refractivity contribution in [2.24, 2.45) is 0 Å². The van der Waals surface area contributed by atoms with Crippen LogP contribution in [0.15, 0.2) is 36.5 Å². The summed E-state index contributed by atoms with van der Waals surface area (Å²) >= 11 is 6.28. The zero-order valence-corrected chi connectivity index (χ0v) is 19.1. The van der Waals surface area contributed by atoms with Gasteiger partial charge in [-0.25, -0.2) is 4.98 Å². The van der Waals surface area contributed by atoms with Gasteiger partial charge in [0.15, 0.2) is 0 Å². The molecule has 0 N–H and O–H groups in total. The Hall–Kier alpha value is -2.33. The van der Waals surface area contributed by atoms with Crippen molar-refractivity contribution < 1.29 is 0 Å². The van der Waals surface area contributed by atoms with Crippen LogP contribution in [0.1, 0.15) is 17.5 Å². The number of likely N-dealkylation sites (N-methyl/N-ethyl adjacent to an activating group) is 1. The molecule has 0 aliphatic carbocycles. The minimum absolute atomic E-state index is 0.289. The average Bonchev–Trinajstić information content (AvgIpc) is 3.04. The van der Waals surface area contributed by atoms with Crippen molar-refractivity contribution in [3.05, 3.63) is 52.8 Å². The van der Waals surface area contributed by atoms with Gasteiger partial charge in [0.2, 0.25) is 0 Å². The predicted octanol–water partition coefficient (Wildman–Crippen LogP) is 3.27. The Morgan fingerprint density at radius 1 is 0.935 bits per heavy atom. The van der Waals surface area contributed by atoms with Gasteiger partial charge in [-0.3, -0.25) is 4.90 Å². The Kier molecular flexibility index (Phi) is 7.29. The number of pyridine rings is 1. The summed E-state index contributed by atoms with van der Waals surface area (Å²) in [5, 5.41) is 9.62. The second kappa shape index (κ2) is 10.3. The Labute approximate surface area is 190 Å². The molecule has 0 bridgehead atoms. The first kappa shape index (κ1) is 21.9. The number of hydrogen-bond donors (Lipinski definition) is 0. The van der Waals surface area contributed by atoms with Crippen LogP contribution in [0.4, 0.5) is 11.4 Å². The van der Waals surface area contributed by atoms with E-state index in [2.05, 4.69) is 62.0 Å². The lowest BCUT2D eigenvalue weighted by Crippen LogP contribution is -2.43. The molecule has 2 saturated heterocycles.